The number of amides is 3. The Morgan fingerprint density at radius 2 is 2.06 bits per heavy atom. The smallest absolute Gasteiger partial charge is 0.316 e. The summed E-state index contributed by atoms with van der Waals surface area (Å²) in [6, 6.07) is 8.69. The van der Waals surface area contributed by atoms with Gasteiger partial charge in [-0.25, -0.2) is 4.79 Å². The molecule has 90 valence electrons. The van der Waals surface area contributed by atoms with E-state index in [-0.39, 0.29) is 24.0 Å². The Balaban J connectivity index is 2.01. The van der Waals surface area contributed by atoms with E-state index in [1.165, 1.54) is 0 Å². The van der Waals surface area contributed by atoms with Crippen LogP contribution in [0.3, 0.4) is 0 Å². The quantitative estimate of drug-likeness (QED) is 0.703. The van der Waals surface area contributed by atoms with Crippen molar-refractivity contribution in [2.45, 2.75) is 13.1 Å². The van der Waals surface area contributed by atoms with Crippen molar-refractivity contribution >= 4 is 11.9 Å². The van der Waals surface area contributed by atoms with Gasteiger partial charge in [-0.15, -0.1) is 0 Å². The van der Waals surface area contributed by atoms with Crippen LogP contribution in [-0.2, 0) is 0 Å². The van der Waals surface area contributed by atoms with Gasteiger partial charge in [-0.05, 0) is 12.1 Å². The molecular weight excluding hydrogens is 218 g/mol. The Bertz CT molecular complexity index is 419. The highest BCUT2D eigenvalue weighted by atomic mass is 16.2. The number of rotatable bonds is 2. The third kappa shape index (κ3) is 2.75. The highest BCUT2D eigenvalue weighted by Gasteiger charge is 2.26. The molecule has 2 rings (SSSR count). The fourth-order valence-electron chi connectivity index (χ4n) is 1.70. The van der Waals surface area contributed by atoms with Crippen molar-refractivity contribution in [2.24, 2.45) is 5.92 Å². The molecular formula is C12H15N3O2. The topological polar surface area (TPSA) is 70.2 Å². The lowest BCUT2D eigenvalue weighted by Gasteiger charge is -2.30. The molecule has 1 fully saturated rings. The van der Waals surface area contributed by atoms with Gasteiger partial charge in [0.25, 0.3) is 5.91 Å². The molecule has 0 radical (unpaired) electrons. The van der Waals surface area contributed by atoms with E-state index in [0.29, 0.717) is 12.1 Å². The van der Waals surface area contributed by atoms with Crippen LogP contribution in [0, 0.1) is 5.92 Å². The maximum Gasteiger partial charge on any atom is 0.316 e. The number of benzene rings is 1. The first-order chi connectivity index (χ1) is 8.16. The molecule has 1 heterocycles. The Morgan fingerprint density at radius 3 is 2.76 bits per heavy atom. The first-order valence-electron chi connectivity index (χ1n) is 5.57. The maximum absolute atomic E-state index is 11.9. The van der Waals surface area contributed by atoms with Gasteiger partial charge in [0.1, 0.15) is 6.17 Å². The van der Waals surface area contributed by atoms with Crippen LogP contribution in [0.5, 0.6) is 0 Å². The summed E-state index contributed by atoms with van der Waals surface area (Å²) in [4.78, 5) is 23.0. The number of hydrogen-bond acceptors (Lipinski definition) is 2. The molecule has 1 aromatic rings. The van der Waals surface area contributed by atoms with Gasteiger partial charge in [-0.3, -0.25) is 4.79 Å². The number of urea groups is 1. The highest BCUT2D eigenvalue weighted by Crippen LogP contribution is 2.05. The van der Waals surface area contributed by atoms with E-state index in [1.807, 2.05) is 13.0 Å². The van der Waals surface area contributed by atoms with Gasteiger partial charge >= 0.3 is 6.03 Å². The molecule has 5 nitrogen and oxygen atoms in total. The lowest BCUT2D eigenvalue weighted by molar-refractivity contribution is 0.0910. The second kappa shape index (κ2) is 4.86. The fourth-order valence-corrected chi connectivity index (χ4v) is 1.70. The lowest BCUT2D eigenvalue weighted by atomic mass is 10.1. The molecule has 0 bridgehead atoms. The van der Waals surface area contributed by atoms with Crippen molar-refractivity contribution in [1.82, 2.24) is 16.0 Å². The number of carbonyl (C=O) groups excluding carboxylic acids is 2. The summed E-state index contributed by atoms with van der Waals surface area (Å²) in [6.07, 6.45) is -0.323. The molecule has 3 N–H and O–H groups in total. The molecule has 1 aliphatic heterocycles. The third-order valence-corrected chi connectivity index (χ3v) is 2.76. The maximum atomic E-state index is 11.9. The molecule has 17 heavy (non-hydrogen) atoms. The van der Waals surface area contributed by atoms with E-state index in [2.05, 4.69) is 16.0 Å². The molecule has 1 aliphatic rings. The van der Waals surface area contributed by atoms with Crippen LogP contribution < -0.4 is 16.0 Å². The van der Waals surface area contributed by atoms with Crippen molar-refractivity contribution in [1.29, 1.82) is 0 Å². The normalized spacial score (nSPS) is 23.5. The summed E-state index contributed by atoms with van der Waals surface area (Å²) >= 11 is 0. The third-order valence-electron chi connectivity index (χ3n) is 2.76. The summed E-state index contributed by atoms with van der Waals surface area (Å²) in [7, 11) is 0. The van der Waals surface area contributed by atoms with Gasteiger partial charge in [-0.1, -0.05) is 25.1 Å². The molecule has 5 heteroatoms. The lowest BCUT2D eigenvalue weighted by Crippen LogP contribution is -2.60. The van der Waals surface area contributed by atoms with Gasteiger partial charge in [0.15, 0.2) is 0 Å². The molecule has 1 aromatic carbocycles. The van der Waals surface area contributed by atoms with Crippen molar-refractivity contribution < 1.29 is 9.59 Å². The van der Waals surface area contributed by atoms with Crippen molar-refractivity contribution in [3.8, 4) is 0 Å². The Kier molecular flexibility index (Phi) is 3.27. The zero-order valence-electron chi connectivity index (χ0n) is 9.57. The zero-order valence-corrected chi connectivity index (χ0v) is 9.57. The summed E-state index contributed by atoms with van der Waals surface area (Å²) < 4.78 is 0. The average Bonchev–Trinajstić information content (AvgIpc) is 2.35. The van der Waals surface area contributed by atoms with Gasteiger partial charge in [0.05, 0.1) is 0 Å². The van der Waals surface area contributed by atoms with Gasteiger partial charge in [-0.2, -0.15) is 0 Å². The predicted molar refractivity (Wildman–Crippen MR) is 63.4 cm³/mol. The van der Waals surface area contributed by atoms with Crippen LogP contribution >= 0.6 is 0 Å². The monoisotopic (exact) mass is 233 g/mol. The summed E-state index contributed by atoms with van der Waals surface area (Å²) in [5.41, 5.74) is 0.590. The summed E-state index contributed by atoms with van der Waals surface area (Å²) in [5.74, 6) is -0.0231. The molecule has 3 amide bonds. The highest BCUT2D eigenvalue weighted by molar-refractivity contribution is 5.94. The fraction of sp³-hybridized carbons (Fsp3) is 0.333. The minimum Gasteiger partial charge on any atom is -0.338 e. The molecule has 0 aromatic heterocycles. The van der Waals surface area contributed by atoms with Gasteiger partial charge < -0.3 is 16.0 Å². The Labute approximate surface area is 99.6 Å². The predicted octanol–water partition coefficient (Wildman–Crippen LogP) is 0.691. The Hall–Kier alpha value is -2.04. The standard InChI is InChI=1S/C12H15N3O2/c1-8-7-13-12(17)15-10(8)14-11(16)9-5-3-2-4-6-9/h2-6,8,10H,7H2,1H3,(H,14,16)(H2,13,15,17). The minimum atomic E-state index is -0.323. The number of nitrogens with one attached hydrogen (secondary N) is 3. The van der Waals surface area contributed by atoms with Crippen molar-refractivity contribution in [3.63, 3.8) is 0 Å². The van der Waals surface area contributed by atoms with Crippen LogP contribution in [0.1, 0.15) is 17.3 Å². The van der Waals surface area contributed by atoms with Crippen LogP contribution in [0.4, 0.5) is 4.79 Å². The van der Waals surface area contributed by atoms with Crippen LogP contribution in [0.15, 0.2) is 30.3 Å². The number of carbonyl (C=O) groups is 2. The molecule has 2 unspecified atom stereocenters. The Morgan fingerprint density at radius 1 is 1.35 bits per heavy atom. The zero-order chi connectivity index (χ0) is 12.3. The molecule has 0 saturated carbocycles. The van der Waals surface area contributed by atoms with Gasteiger partial charge in [0.2, 0.25) is 0 Å². The molecule has 2 atom stereocenters. The second-order valence-electron chi connectivity index (χ2n) is 4.15. The number of hydrogen-bond donors (Lipinski definition) is 3. The first kappa shape index (κ1) is 11.4. The average molecular weight is 233 g/mol. The van der Waals surface area contributed by atoms with E-state index in [1.54, 1.807) is 24.3 Å². The van der Waals surface area contributed by atoms with Crippen molar-refractivity contribution in [3.05, 3.63) is 35.9 Å². The summed E-state index contributed by atoms with van der Waals surface area (Å²) in [6.45, 7) is 2.52. The molecule has 0 spiro atoms. The van der Waals surface area contributed by atoms with E-state index in [0.717, 1.165) is 0 Å². The van der Waals surface area contributed by atoms with E-state index >= 15 is 0 Å². The van der Waals surface area contributed by atoms with E-state index in [9.17, 15) is 9.59 Å². The van der Waals surface area contributed by atoms with Crippen LogP contribution in [0.2, 0.25) is 0 Å². The summed E-state index contributed by atoms with van der Waals surface area (Å²) in [5, 5.41) is 8.16. The van der Waals surface area contributed by atoms with E-state index < -0.39 is 0 Å². The van der Waals surface area contributed by atoms with Crippen LogP contribution in [-0.4, -0.2) is 24.6 Å². The second-order valence-corrected chi connectivity index (χ2v) is 4.15. The minimum absolute atomic E-state index is 0.153. The molecule has 0 aliphatic carbocycles. The van der Waals surface area contributed by atoms with Crippen LogP contribution in [0.25, 0.3) is 0 Å². The van der Waals surface area contributed by atoms with Crippen molar-refractivity contribution in [2.75, 3.05) is 6.54 Å². The van der Waals surface area contributed by atoms with Gasteiger partial charge in [0, 0.05) is 18.0 Å². The van der Waals surface area contributed by atoms with E-state index in [4.69, 9.17) is 0 Å². The SMILES string of the molecule is CC1CNC(=O)NC1NC(=O)c1ccccc1. The first-order valence-corrected chi connectivity index (χ1v) is 5.57. The molecule has 1 saturated heterocycles. The largest absolute Gasteiger partial charge is 0.338 e.